The number of rotatable bonds is 12. The highest BCUT2D eigenvalue weighted by Crippen LogP contribution is 2.69. The number of methoxy groups -OCH3 is 1. The number of anilines is 1. The molecular weight excluding hydrogens is 693 g/mol. The fourth-order valence-electron chi connectivity index (χ4n) is 12.4. The quantitative estimate of drug-likeness (QED) is 0.116. The van der Waals surface area contributed by atoms with Crippen LogP contribution in [0.2, 0.25) is 0 Å². The van der Waals surface area contributed by atoms with Crippen LogP contribution in [0.3, 0.4) is 0 Å². The van der Waals surface area contributed by atoms with Gasteiger partial charge in [0.1, 0.15) is 5.56 Å². The van der Waals surface area contributed by atoms with Crippen LogP contribution < -0.4 is 5.32 Å². The summed E-state index contributed by atoms with van der Waals surface area (Å²) in [7, 11) is 1.40. The lowest BCUT2D eigenvalue weighted by atomic mass is 9.42. The van der Waals surface area contributed by atoms with Gasteiger partial charge in [-0.15, -0.1) is 0 Å². The highest BCUT2D eigenvalue weighted by Gasteiger charge is 2.66. The summed E-state index contributed by atoms with van der Waals surface area (Å²) in [6, 6.07) is 16.3. The number of carboxylic acids is 1. The Morgan fingerprint density at radius 3 is 2.44 bits per heavy atom. The number of fused-ring (bicyclic) bond motifs is 6. The molecule has 1 heterocycles. The second kappa shape index (κ2) is 15.4. The van der Waals surface area contributed by atoms with Crippen molar-refractivity contribution >= 4 is 28.5 Å². The van der Waals surface area contributed by atoms with Crippen LogP contribution in [0, 0.1) is 46.3 Å². The summed E-state index contributed by atoms with van der Waals surface area (Å²) in [6.07, 6.45) is 7.44. The normalized spacial score (nSPS) is 34.7. The van der Waals surface area contributed by atoms with Gasteiger partial charge in [-0.05, 0) is 134 Å². The number of aliphatic carboxylic acids is 1. The van der Waals surface area contributed by atoms with E-state index in [1.165, 1.54) is 7.11 Å². The first-order chi connectivity index (χ1) is 26.2. The minimum Gasteiger partial charge on any atom is -0.481 e. The molecule has 1 aromatic heterocycles. The summed E-state index contributed by atoms with van der Waals surface area (Å²) in [5.74, 6) is 0.0301. The summed E-state index contributed by atoms with van der Waals surface area (Å²) < 4.78 is 5.15. The molecule has 55 heavy (non-hydrogen) atoms. The van der Waals surface area contributed by atoms with E-state index in [2.05, 4.69) is 50.4 Å². The third-order valence-electron chi connectivity index (χ3n) is 15.6. The summed E-state index contributed by atoms with van der Waals surface area (Å²) >= 11 is 0. The highest BCUT2D eigenvalue weighted by atomic mass is 16.5. The predicted molar refractivity (Wildman–Crippen MR) is 214 cm³/mol. The number of para-hydroxylation sites is 1. The van der Waals surface area contributed by atoms with Gasteiger partial charge < -0.3 is 30.5 Å². The molecule has 0 amide bonds. The molecule has 2 aromatic carbocycles. The van der Waals surface area contributed by atoms with Crippen LogP contribution in [0.15, 0.2) is 48.5 Å². The average molecular weight is 755 g/mol. The first-order valence-electron chi connectivity index (χ1n) is 20.8. The van der Waals surface area contributed by atoms with Crippen molar-refractivity contribution in [3.8, 4) is 0 Å². The van der Waals surface area contributed by atoms with Crippen LogP contribution in [-0.4, -0.2) is 62.3 Å². The molecule has 9 nitrogen and oxygen atoms in total. The monoisotopic (exact) mass is 754 g/mol. The number of carboxylic acid groups (broad SMARTS) is 1. The molecule has 9 heteroatoms. The van der Waals surface area contributed by atoms with Crippen LogP contribution in [0.25, 0.3) is 10.9 Å². The van der Waals surface area contributed by atoms with Crippen molar-refractivity contribution in [2.24, 2.45) is 46.3 Å². The molecule has 4 saturated carbocycles. The van der Waals surface area contributed by atoms with Crippen LogP contribution in [-0.2, 0) is 28.9 Å². The minimum atomic E-state index is -0.805. The number of hydrogen-bond donors (Lipinski definition) is 5. The lowest BCUT2D eigenvalue weighted by Gasteiger charge is -2.64. The maximum absolute atomic E-state index is 12.9. The minimum absolute atomic E-state index is 0.0497. The maximum atomic E-state index is 12.9. The first kappa shape index (κ1) is 39.7. The maximum Gasteiger partial charge on any atom is 0.341 e. The van der Waals surface area contributed by atoms with Gasteiger partial charge in [0.15, 0.2) is 0 Å². The van der Waals surface area contributed by atoms with Crippen molar-refractivity contribution < 1.29 is 34.8 Å². The molecule has 0 radical (unpaired) electrons. The van der Waals surface area contributed by atoms with Gasteiger partial charge in [0.05, 0.1) is 41.8 Å². The number of ether oxygens (including phenoxy) is 1. The largest absolute Gasteiger partial charge is 0.481 e. The van der Waals surface area contributed by atoms with Crippen LogP contribution in [0.4, 0.5) is 5.69 Å². The highest BCUT2D eigenvalue weighted by molar-refractivity contribution is 6.06. The van der Waals surface area contributed by atoms with Gasteiger partial charge in [-0.25, -0.2) is 4.79 Å². The van der Waals surface area contributed by atoms with E-state index in [1.807, 2.05) is 31.2 Å². The van der Waals surface area contributed by atoms with E-state index in [9.17, 15) is 30.0 Å². The van der Waals surface area contributed by atoms with Gasteiger partial charge in [-0.3, -0.25) is 9.78 Å². The van der Waals surface area contributed by atoms with Crippen molar-refractivity contribution in [1.29, 1.82) is 0 Å². The Bertz CT molecular complexity index is 1880. The van der Waals surface area contributed by atoms with Gasteiger partial charge in [0, 0.05) is 18.4 Å². The third-order valence-corrected chi connectivity index (χ3v) is 15.6. The number of benzene rings is 2. The molecule has 4 fully saturated rings. The Morgan fingerprint density at radius 2 is 1.73 bits per heavy atom. The number of carbonyl (C=O) groups excluding carboxylic acids is 1. The van der Waals surface area contributed by atoms with E-state index < -0.39 is 29.7 Å². The molecule has 0 bridgehead atoms. The number of esters is 1. The zero-order valence-corrected chi connectivity index (χ0v) is 33.4. The molecule has 4 aliphatic carbocycles. The number of nitrogens with zero attached hydrogens (tertiary/aromatic N) is 1. The van der Waals surface area contributed by atoms with Gasteiger partial charge in [-0.2, -0.15) is 0 Å². The second-order valence-electron chi connectivity index (χ2n) is 18.3. The third kappa shape index (κ3) is 7.18. The lowest BCUT2D eigenvalue weighted by Crippen LogP contribution is -2.63. The van der Waals surface area contributed by atoms with E-state index in [0.29, 0.717) is 56.3 Å². The standard InChI is InChI=1S/C46H62N2O7/c1-6-35-41(43(53)55-5)42(31-9-7-8-10-36(31)48-35)47-26-29-14-12-28(13-15-29)19-20-46(54)22-21-44(3)30(25-46)23-37(49)40-33-17-16-32(27(2)11-18-39(51)52)45(33,4)38(50)24-34(40)44/h7-10,12-15,27,30,32-34,37-38,40,49-50,54H,6,11,16-26H2,1-5H3,(H,47,48)(H,51,52)/t27?,30?,32-,33?,34?,37?,38?,40?,44?,45?,46?/m1/s1. The Labute approximate surface area is 326 Å². The number of pyridine rings is 1. The van der Waals surface area contributed by atoms with Crippen LogP contribution in [0.5, 0.6) is 0 Å². The number of aliphatic hydroxyl groups is 3. The topological polar surface area (TPSA) is 149 Å². The number of aromatic nitrogens is 1. The van der Waals surface area contributed by atoms with E-state index in [-0.39, 0.29) is 52.8 Å². The van der Waals surface area contributed by atoms with E-state index in [4.69, 9.17) is 9.72 Å². The second-order valence-corrected chi connectivity index (χ2v) is 18.3. The van der Waals surface area contributed by atoms with E-state index in [0.717, 1.165) is 59.8 Å². The number of aliphatic hydroxyl groups excluding tert-OH is 2. The molecule has 10 unspecified atom stereocenters. The number of nitrogens with one attached hydrogen (secondary N) is 1. The molecular formula is C46H62N2O7. The van der Waals surface area contributed by atoms with Crippen LogP contribution in [0.1, 0.15) is 119 Å². The molecule has 11 atom stereocenters. The molecule has 3 aromatic rings. The first-order valence-corrected chi connectivity index (χ1v) is 20.8. The lowest BCUT2D eigenvalue weighted by molar-refractivity contribution is -0.216. The molecule has 5 N–H and O–H groups in total. The number of hydrogen-bond acceptors (Lipinski definition) is 8. The molecule has 0 saturated heterocycles. The predicted octanol–water partition coefficient (Wildman–Crippen LogP) is 7.96. The van der Waals surface area contributed by atoms with E-state index in [1.54, 1.807) is 0 Å². The zero-order chi connectivity index (χ0) is 39.3. The Hall–Kier alpha value is -3.53. The van der Waals surface area contributed by atoms with Crippen molar-refractivity contribution in [2.45, 2.75) is 129 Å². The Balaban J connectivity index is 0.992. The van der Waals surface area contributed by atoms with Crippen molar-refractivity contribution in [3.05, 3.63) is 70.9 Å². The van der Waals surface area contributed by atoms with Crippen molar-refractivity contribution in [3.63, 3.8) is 0 Å². The summed E-state index contributed by atoms with van der Waals surface area (Å²) in [6.45, 7) is 9.26. The molecule has 7 rings (SSSR count). The van der Waals surface area contributed by atoms with Crippen molar-refractivity contribution in [2.75, 3.05) is 12.4 Å². The number of aryl methyl sites for hydroxylation is 2. The van der Waals surface area contributed by atoms with Gasteiger partial charge >= 0.3 is 11.9 Å². The summed E-state index contributed by atoms with van der Waals surface area (Å²) in [5, 5.41) is 49.6. The molecule has 0 aliphatic heterocycles. The fraction of sp³-hybridized carbons (Fsp3) is 0.630. The summed E-state index contributed by atoms with van der Waals surface area (Å²) in [5.41, 5.74) is 3.80. The van der Waals surface area contributed by atoms with Gasteiger partial charge in [-0.1, -0.05) is 70.2 Å². The van der Waals surface area contributed by atoms with Crippen LogP contribution >= 0.6 is 0 Å². The zero-order valence-electron chi connectivity index (χ0n) is 33.4. The SMILES string of the molecule is CCc1nc2ccccc2c(NCc2ccc(CCC3(O)CCC4(C)C(CC(O)C5C4CC(O)C4(C)C5CC[C@@H]4C(C)CCC(=O)O)C3)cc2)c1C(=O)OC. The smallest absolute Gasteiger partial charge is 0.341 e. The van der Waals surface area contributed by atoms with Gasteiger partial charge in [0.25, 0.3) is 0 Å². The molecule has 4 aliphatic rings. The molecule has 298 valence electrons. The Kier molecular flexibility index (Phi) is 11.1. The van der Waals surface area contributed by atoms with Crippen molar-refractivity contribution in [1.82, 2.24) is 4.98 Å². The molecule has 0 spiro atoms. The average Bonchev–Trinajstić information content (AvgIpc) is 3.54. The van der Waals surface area contributed by atoms with Gasteiger partial charge in [0.2, 0.25) is 0 Å². The fourth-order valence-corrected chi connectivity index (χ4v) is 12.4. The number of carbonyl (C=O) groups is 2. The Morgan fingerprint density at radius 1 is 1.00 bits per heavy atom. The summed E-state index contributed by atoms with van der Waals surface area (Å²) in [4.78, 5) is 29.0. The van der Waals surface area contributed by atoms with E-state index >= 15 is 0 Å².